The maximum atomic E-state index is 7.63. The van der Waals surface area contributed by atoms with Gasteiger partial charge >= 0.3 is 0 Å². The van der Waals surface area contributed by atoms with Crippen molar-refractivity contribution < 1.29 is 23.4 Å². The molecule has 0 radical (unpaired) electrons. The molecule has 2 heterocycles. The molecule has 5 atom stereocenters. The van der Waals surface area contributed by atoms with Crippen molar-refractivity contribution in [1.29, 1.82) is 0 Å². The molecule has 1 aliphatic rings. The van der Waals surface area contributed by atoms with Crippen molar-refractivity contribution in [3.05, 3.63) is 198 Å². The first kappa shape index (κ1) is 40.0. The molecule has 8 heteroatoms. The van der Waals surface area contributed by atoms with E-state index in [1.165, 1.54) is 10.4 Å². The highest BCUT2D eigenvalue weighted by Gasteiger charge is 2.54. The van der Waals surface area contributed by atoms with Gasteiger partial charge in [-0.15, -0.1) is 11.3 Å². The number of ether oxygens (including phenoxy) is 4. The van der Waals surface area contributed by atoms with Crippen molar-refractivity contribution in [2.45, 2.75) is 76.1 Å². The third-order valence-corrected chi connectivity index (χ3v) is 17.0. The second-order valence-electron chi connectivity index (χ2n) is 15.9. The lowest BCUT2D eigenvalue weighted by Gasteiger charge is -2.48. The van der Waals surface area contributed by atoms with Gasteiger partial charge in [0.1, 0.15) is 35.5 Å². The van der Waals surface area contributed by atoms with Crippen LogP contribution in [0.3, 0.4) is 0 Å². The smallest absolute Gasteiger partial charge is 0.261 e. The molecule has 0 unspecified atom stereocenters. The fourth-order valence-electron chi connectivity index (χ4n) is 8.10. The Morgan fingerprint density at radius 3 is 1.45 bits per heavy atom. The number of hydrogen-bond acceptors (Lipinski definition) is 7. The molecule has 0 spiro atoms. The summed E-state index contributed by atoms with van der Waals surface area (Å²) in [6.07, 6.45) is -2.78. The van der Waals surface area contributed by atoms with Gasteiger partial charge in [0.2, 0.25) is 0 Å². The Labute approximate surface area is 347 Å². The maximum absolute atomic E-state index is 7.63. The summed E-state index contributed by atoms with van der Waals surface area (Å²) in [5.41, 5.74) is 4.11. The topological polar surface area (TPSA) is 59.0 Å². The molecule has 1 fully saturated rings. The van der Waals surface area contributed by atoms with Gasteiger partial charge in [-0.3, -0.25) is 0 Å². The van der Waals surface area contributed by atoms with Crippen molar-refractivity contribution in [3.8, 4) is 0 Å². The third-order valence-electron chi connectivity index (χ3n) is 10.9. The molecule has 0 N–H and O–H groups in total. The first-order chi connectivity index (χ1) is 28.4. The molecule has 0 saturated carbocycles. The van der Waals surface area contributed by atoms with Gasteiger partial charge in [-0.25, -0.2) is 4.98 Å². The molecular formula is C50H51NO5SSi. The van der Waals surface area contributed by atoms with E-state index in [9.17, 15) is 0 Å². The van der Waals surface area contributed by atoms with Crippen LogP contribution in [0.2, 0.25) is 5.04 Å². The standard InChI is InChI=1S/C50H51NO5SSi/c1-50(2,3)58(40-27-15-7-16-28-40,41-29-17-8-18-30-41)55-36-43-45(52-33-37-21-9-4-10-22-37)46(53-34-38-23-11-5-12-24-38)47(54-35-39-25-13-6-14-26-39)48(56-43)49-51-42-31-19-20-32-44(42)57-49/h4-32,43,45-48H,33-36H2,1-3H3/t43-,45-,46+,47-,48-/m1/s1. The Morgan fingerprint density at radius 1 is 0.534 bits per heavy atom. The Bertz CT molecular complexity index is 2230. The zero-order valence-corrected chi connectivity index (χ0v) is 35.2. The van der Waals surface area contributed by atoms with Crippen molar-refractivity contribution >= 4 is 40.2 Å². The number of nitrogens with zero attached hydrogens (tertiary/aromatic N) is 1. The van der Waals surface area contributed by atoms with Crippen LogP contribution >= 0.6 is 11.3 Å². The number of benzene rings is 6. The summed E-state index contributed by atoms with van der Waals surface area (Å²) in [5.74, 6) is 0. The average Bonchev–Trinajstić information content (AvgIpc) is 3.70. The summed E-state index contributed by atoms with van der Waals surface area (Å²) in [5, 5.41) is 3.01. The summed E-state index contributed by atoms with van der Waals surface area (Å²) in [6.45, 7) is 8.28. The zero-order valence-electron chi connectivity index (χ0n) is 33.4. The predicted octanol–water partition coefficient (Wildman–Crippen LogP) is 10.1. The van der Waals surface area contributed by atoms with Gasteiger partial charge in [-0.1, -0.05) is 185 Å². The molecule has 296 valence electrons. The minimum atomic E-state index is -2.97. The molecule has 1 aliphatic heterocycles. The summed E-state index contributed by atoms with van der Waals surface area (Å²) in [7, 11) is -2.97. The van der Waals surface area contributed by atoms with Gasteiger partial charge in [0, 0.05) is 0 Å². The van der Waals surface area contributed by atoms with E-state index in [1.807, 2.05) is 60.7 Å². The van der Waals surface area contributed by atoms with Crippen LogP contribution in [0.25, 0.3) is 10.2 Å². The highest BCUT2D eigenvalue weighted by atomic mass is 32.1. The molecule has 0 bridgehead atoms. The summed E-state index contributed by atoms with van der Waals surface area (Å²) < 4.78 is 37.3. The van der Waals surface area contributed by atoms with Crippen molar-refractivity contribution in [2.75, 3.05) is 6.61 Å². The average molecular weight is 806 g/mol. The zero-order chi connectivity index (χ0) is 39.8. The van der Waals surface area contributed by atoms with Gasteiger partial charge in [0.25, 0.3) is 8.32 Å². The number of aromatic nitrogens is 1. The number of hydrogen-bond donors (Lipinski definition) is 0. The maximum Gasteiger partial charge on any atom is 0.261 e. The fraction of sp³-hybridized carbons (Fsp3) is 0.260. The van der Waals surface area contributed by atoms with Gasteiger partial charge in [-0.05, 0) is 44.2 Å². The van der Waals surface area contributed by atoms with Crippen LogP contribution in [-0.4, -0.2) is 44.3 Å². The molecular weight excluding hydrogens is 755 g/mol. The lowest BCUT2D eigenvalue weighted by molar-refractivity contribution is -0.271. The Kier molecular flexibility index (Phi) is 12.7. The van der Waals surface area contributed by atoms with Crippen molar-refractivity contribution in [3.63, 3.8) is 0 Å². The molecule has 0 amide bonds. The second-order valence-corrected chi connectivity index (χ2v) is 21.2. The predicted molar refractivity (Wildman–Crippen MR) is 236 cm³/mol. The number of para-hydroxylation sites is 1. The monoisotopic (exact) mass is 805 g/mol. The SMILES string of the molecule is CC(C)(C)[Si](OC[C@H]1O[C@@H](c2nc3ccccc3s2)[C@H](OCc2ccccc2)[C@@H](OCc2ccccc2)[C@@H]1OCc1ccccc1)(c1ccccc1)c1ccccc1. The first-order valence-corrected chi connectivity index (χ1v) is 22.8. The fourth-order valence-corrected chi connectivity index (χ4v) is 13.7. The van der Waals surface area contributed by atoms with E-state index in [4.69, 9.17) is 28.4 Å². The first-order valence-electron chi connectivity index (χ1n) is 20.1. The quantitative estimate of drug-likeness (QED) is 0.0963. The van der Waals surface area contributed by atoms with Gasteiger partial charge in [0.15, 0.2) is 0 Å². The molecule has 6 aromatic carbocycles. The van der Waals surface area contributed by atoms with E-state index >= 15 is 0 Å². The number of rotatable bonds is 15. The van der Waals surface area contributed by atoms with Crippen LogP contribution < -0.4 is 10.4 Å². The Hall–Kier alpha value is -4.77. The van der Waals surface area contributed by atoms with Gasteiger partial charge in [-0.2, -0.15) is 0 Å². The third kappa shape index (κ3) is 8.94. The highest BCUT2D eigenvalue weighted by Crippen LogP contribution is 2.43. The van der Waals surface area contributed by atoms with Crippen LogP contribution in [0.5, 0.6) is 0 Å². The molecule has 1 saturated heterocycles. The van der Waals surface area contributed by atoms with Crippen LogP contribution in [0.1, 0.15) is 48.6 Å². The minimum absolute atomic E-state index is 0.234. The molecule has 58 heavy (non-hydrogen) atoms. The van der Waals surface area contributed by atoms with E-state index in [2.05, 4.69) is 136 Å². The molecule has 1 aromatic heterocycles. The van der Waals surface area contributed by atoms with E-state index in [0.29, 0.717) is 19.8 Å². The van der Waals surface area contributed by atoms with Gasteiger partial charge < -0.3 is 23.4 Å². The summed E-state index contributed by atoms with van der Waals surface area (Å²) in [4.78, 5) is 5.18. The van der Waals surface area contributed by atoms with Crippen LogP contribution in [0.15, 0.2) is 176 Å². The van der Waals surface area contributed by atoms with E-state index < -0.39 is 38.8 Å². The Balaban J connectivity index is 1.24. The van der Waals surface area contributed by atoms with Crippen LogP contribution in [0, 0.1) is 0 Å². The minimum Gasteiger partial charge on any atom is -0.405 e. The highest BCUT2D eigenvalue weighted by molar-refractivity contribution is 7.18. The van der Waals surface area contributed by atoms with Crippen molar-refractivity contribution in [1.82, 2.24) is 4.98 Å². The molecule has 6 nitrogen and oxygen atoms in total. The van der Waals surface area contributed by atoms with Crippen LogP contribution in [-0.2, 0) is 43.2 Å². The Morgan fingerprint density at radius 2 is 0.966 bits per heavy atom. The van der Waals surface area contributed by atoms with Gasteiger partial charge in [0.05, 0.1) is 36.6 Å². The molecule has 8 rings (SSSR count). The normalized spacial score (nSPS) is 19.9. The lowest BCUT2D eigenvalue weighted by Crippen LogP contribution is -2.68. The molecule has 0 aliphatic carbocycles. The lowest BCUT2D eigenvalue weighted by atomic mass is 9.94. The number of thiazole rings is 1. The van der Waals surface area contributed by atoms with E-state index in [-0.39, 0.29) is 11.6 Å². The largest absolute Gasteiger partial charge is 0.405 e. The van der Waals surface area contributed by atoms with Crippen LogP contribution in [0.4, 0.5) is 0 Å². The summed E-state index contributed by atoms with van der Waals surface area (Å²) >= 11 is 1.64. The number of fused-ring (bicyclic) bond motifs is 1. The second kappa shape index (κ2) is 18.4. The van der Waals surface area contributed by atoms with Crippen molar-refractivity contribution in [2.24, 2.45) is 0 Å². The summed E-state index contributed by atoms with van der Waals surface area (Å²) in [6, 6.07) is 60.5. The van der Waals surface area contributed by atoms with E-state index in [0.717, 1.165) is 31.9 Å². The van der Waals surface area contributed by atoms with E-state index in [1.54, 1.807) is 11.3 Å². The molecule has 7 aromatic rings.